The fourth-order valence-corrected chi connectivity index (χ4v) is 1.99. The van der Waals surface area contributed by atoms with Gasteiger partial charge in [-0.25, -0.2) is 13.6 Å². The topological polar surface area (TPSA) is 88.3 Å². The van der Waals surface area contributed by atoms with Gasteiger partial charge in [-0.3, -0.25) is 0 Å². The molecule has 0 saturated carbocycles. The van der Waals surface area contributed by atoms with E-state index in [0.717, 1.165) is 6.07 Å². The predicted molar refractivity (Wildman–Crippen MR) is 64.2 cm³/mol. The van der Waals surface area contributed by atoms with E-state index in [9.17, 15) is 13.6 Å². The van der Waals surface area contributed by atoms with Gasteiger partial charge in [0.15, 0.2) is 17.4 Å². The molecule has 0 fully saturated rings. The lowest BCUT2D eigenvalue weighted by Gasteiger charge is -2.07. The number of nitrogens with one attached hydrogen (secondary N) is 1. The quantitative estimate of drug-likeness (QED) is 0.792. The Morgan fingerprint density at radius 1 is 1.53 bits per heavy atom. The molecule has 0 radical (unpaired) electrons. The molecule has 2 aromatic rings. The highest BCUT2D eigenvalue weighted by molar-refractivity contribution is 5.98. The molecule has 4 N–H and O–H groups in total. The zero-order valence-corrected chi connectivity index (χ0v) is 10.1. The molecule has 5 nitrogen and oxygen atoms in total. The maximum atomic E-state index is 14.2. The number of hydrogen-bond donors (Lipinski definition) is 3. The van der Waals surface area contributed by atoms with E-state index in [1.54, 1.807) is 6.92 Å². The molecule has 0 unspecified atom stereocenters. The summed E-state index contributed by atoms with van der Waals surface area (Å²) in [4.78, 5) is 13.5. The SMILES string of the molecule is CCOc1c(F)cc2[nH]c(C(=O)O)c(CN)c2c1F. The molecule has 0 spiro atoms. The molecule has 102 valence electrons. The van der Waals surface area contributed by atoms with Crippen LogP contribution in [0.1, 0.15) is 23.0 Å². The van der Waals surface area contributed by atoms with Gasteiger partial charge in [0, 0.05) is 23.6 Å². The maximum absolute atomic E-state index is 14.2. The summed E-state index contributed by atoms with van der Waals surface area (Å²) in [6.45, 7) is 1.50. The largest absolute Gasteiger partial charge is 0.488 e. The normalized spacial score (nSPS) is 10.9. The summed E-state index contributed by atoms with van der Waals surface area (Å²) in [5.74, 6) is -3.65. The van der Waals surface area contributed by atoms with E-state index < -0.39 is 23.4 Å². The van der Waals surface area contributed by atoms with E-state index in [1.165, 1.54) is 0 Å². The van der Waals surface area contributed by atoms with Crippen LogP contribution in [0.4, 0.5) is 8.78 Å². The Morgan fingerprint density at radius 3 is 2.74 bits per heavy atom. The van der Waals surface area contributed by atoms with Crippen LogP contribution in [0.2, 0.25) is 0 Å². The zero-order valence-electron chi connectivity index (χ0n) is 10.1. The average molecular weight is 270 g/mol. The molecule has 0 bridgehead atoms. The number of H-pyrrole nitrogens is 1. The lowest BCUT2D eigenvalue weighted by Crippen LogP contribution is -2.06. The summed E-state index contributed by atoms with van der Waals surface area (Å²) >= 11 is 0. The number of aromatic amines is 1. The Bertz CT molecular complexity index is 652. The Labute approximate surface area is 107 Å². The third kappa shape index (κ3) is 2.01. The van der Waals surface area contributed by atoms with Gasteiger partial charge in [-0.05, 0) is 6.92 Å². The van der Waals surface area contributed by atoms with E-state index in [2.05, 4.69) is 4.98 Å². The van der Waals surface area contributed by atoms with Crippen LogP contribution in [0.3, 0.4) is 0 Å². The van der Waals surface area contributed by atoms with Gasteiger partial charge in [0.05, 0.1) is 12.1 Å². The van der Waals surface area contributed by atoms with Gasteiger partial charge < -0.3 is 20.6 Å². The summed E-state index contributed by atoms with van der Waals surface area (Å²) in [6, 6.07) is 0.995. The van der Waals surface area contributed by atoms with Crippen LogP contribution in [0, 0.1) is 11.6 Å². The second kappa shape index (κ2) is 4.85. The smallest absolute Gasteiger partial charge is 0.352 e. The Morgan fingerprint density at radius 2 is 2.21 bits per heavy atom. The van der Waals surface area contributed by atoms with Crippen molar-refractivity contribution in [1.29, 1.82) is 0 Å². The third-order valence-corrected chi connectivity index (χ3v) is 2.75. The van der Waals surface area contributed by atoms with Crippen LogP contribution in [0.25, 0.3) is 10.9 Å². The zero-order chi connectivity index (χ0) is 14.2. The molecule has 7 heteroatoms. The van der Waals surface area contributed by atoms with E-state index in [1.807, 2.05) is 0 Å². The van der Waals surface area contributed by atoms with Gasteiger partial charge in [-0.2, -0.15) is 0 Å². The summed E-state index contributed by atoms with van der Waals surface area (Å²) in [5.41, 5.74) is 5.32. The molecule has 0 aliphatic heterocycles. The Hall–Kier alpha value is -2.15. The van der Waals surface area contributed by atoms with Crippen molar-refractivity contribution in [3.63, 3.8) is 0 Å². The third-order valence-electron chi connectivity index (χ3n) is 2.75. The number of carboxylic acids is 1. The van der Waals surface area contributed by atoms with Crippen LogP contribution < -0.4 is 10.5 Å². The summed E-state index contributed by atoms with van der Waals surface area (Å²) in [6.07, 6.45) is 0. The second-order valence-electron chi connectivity index (χ2n) is 3.84. The highest BCUT2D eigenvalue weighted by Gasteiger charge is 2.23. The van der Waals surface area contributed by atoms with Gasteiger partial charge >= 0.3 is 5.97 Å². The van der Waals surface area contributed by atoms with Crippen molar-refractivity contribution in [2.24, 2.45) is 5.73 Å². The number of halogens is 2. The minimum atomic E-state index is -1.28. The standard InChI is InChI=1S/C12H12F2N2O3/c1-2-19-11-6(13)3-7-8(9(11)14)5(4-15)10(16-7)12(17)18/h3,16H,2,4,15H2,1H3,(H,17,18). The van der Waals surface area contributed by atoms with E-state index >= 15 is 0 Å². The fourth-order valence-electron chi connectivity index (χ4n) is 1.99. The number of nitrogens with two attached hydrogens (primary N) is 1. The van der Waals surface area contributed by atoms with E-state index in [-0.39, 0.29) is 35.3 Å². The average Bonchev–Trinajstić information content (AvgIpc) is 2.73. The summed E-state index contributed by atoms with van der Waals surface area (Å²) < 4.78 is 32.8. The van der Waals surface area contributed by atoms with Gasteiger partial charge in [0.1, 0.15) is 5.69 Å². The van der Waals surface area contributed by atoms with Crippen LogP contribution in [0.5, 0.6) is 5.75 Å². The first-order valence-corrected chi connectivity index (χ1v) is 5.59. The first-order chi connectivity index (χ1) is 9.01. The Kier molecular flexibility index (Phi) is 3.39. The van der Waals surface area contributed by atoms with Crippen molar-refractivity contribution >= 4 is 16.9 Å². The molecule has 1 heterocycles. The minimum Gasteiger partial charge on any atom is -0.488 e. The van der Waals surface area contributed by atoms with Gasteiger partial charge in [0.25, 0.3) is 0 Å². The lowest BCUT2D eigenvalue weighted by molar-refractivity contribution is 0.0690. The van der Waals surface area contributed by atoms with E-state index in [4.69, 9.17) is 15.6 Å². The molecule has 1 aromatic carbocycles. The number of fused-ring (bicyclic) bond motifs is 1. The molecular formula is C12H12F2N2O3. The van der Waals surface area contributed by atoms with Crippen LogP contribution in [-0.4, -0.2) is 22.7 Å². The number of rotatable bonds is 4. The summed E-state index contributed by atoms with van der Waals surface area (Å²) in [7, 11) is 0. The Balaban J connectivity index is 2.83. The van der Waals surface area contributed by atoms with Crippen LogP contribution in [-0.2, 0) is 6.54 Å². The molecule has 0 saturated heterocycles. The number of carbonyl (C=O) groups is 1. The van der Waals surface area contributed by atoms with Crippen molar-refractivity contribution in [2.45, 2.75) is 13.5 Å². The highest BCUT2D eigenvalue weighted by Crippen LogP contribution is 2.33. The molecule has 0 amide bonds. The molecule has 0 atom stereocenters. The van der Waals surface area contributed by atoms with Gasteiger partial charge in [0.2, 0.25) is 0 Å². The van der Waals surface area contributed by atoms with Crippen LogP contribution in [0.15, 0.2) is 6.07 Å². The highest BCUT2D eigenvalue weighted by atomic mass is 19.1. The molecule has 0 aliphatic carbocycles. The number of benzene rings is 1. The first kappa shape index (κ1) is 13.3. The number of hydrogen-bond acceptors (Lipinski definition) is 3. The predicted octanol–water partition coefficient (Wildman–Crippen LogP) is 2.00. The van der Waals surface area contributed by atoms with Gasteiger partial charge in [-0.15, -0.1) is 0 Å². The van der Waals surface area contributed by atoms with Crippen molar-refractivity contribution in [3.8, 4) is 5.75 Å². The number of aromatic nitrogens is 1. The van der Waals surface area contributed by atoms with Crippen molar-refractivity contribution in [3.05, 3.63) is 29.0 Å². The monoisotopic (exact) mass is 270 g/mol. The second-order valence-corrected chi connectivity index (χ2v) is 3.84. The minimum absolute atomic E-state index is 0.0382. The molecule has 19 heavy (non-hydrogen) atoms. The van der Waals surface area contributed by atoms with Crippen molar-refractivity contribution in [2.75, 3.05) is 6.61 Å². The lowest BCUT2D eigenvalue weighted by atomic mass is 10.1. The van der Waals surface area contributed by atoms with Crippen molar-refractivity contribution in [1.82, 2.24) is 4.98 Å². The van der Waals surface area contributed by atoms with Crippen molar-refractivity contribution < 1.29 is 23.4 Å². The number of ether oxygens (including phenoxy) is 1. The maximum Gasteiger partial charge on any atom is 0.352 e. The van der Waals surface area contributed by atoms with E-state index in [0.29, 0.717) is 0 Å². The molecule has 0 aliphatic rings. The molecule has 2 rings (SSSR count). The number of aromatic carboxylic acids is 1. The molecule has 1 aromatic heterocycles. The van der Waals surface area contributed by atoms with Crippen LogP contribution >= 0.6 is 0 Å². The fraction of sp³-hybridized carbons (Fsp3) is 0.250. The first-order valence-electron chi connectivity index (χ1n) is 5.59. The van der Waals surface area contributed by atoms with Gasteiger partial charge in [-0.1, -0.05) is 0 Å². The summed E-state index contributed by atoms with van der Waals surface area (Å²) in [5, 5.41) is 8.95. The molecular weight excluding hydrogens is 258 g/mol. The number of carboxylic acid groups (broad SMARTS) is 1.